The maximum atomic E-state index is 4.74. The van der Waals surface area contributed by atoms with Crippen LogP contribution >= 0.6 is 11.3 Å². The van der Waals surface area contributed by atoms with Crippen molar-refractivity contribution in [1.82, 2.24) is 15.3 Å². The number of nitrogens with zero attached hydrogens (tertiary/aromatic N) is 2. The van der Waals surface area contributed by atoms with Gasteiger partial charge < -0.3 is 5.32 Å². The Hall–Kier alpha value is -1.00. The fourth-order valence-corrected chi connectivity index (χ4v) is 3.37. The summed E-state index contributed by atoms with van der Waals surface area (Å²) in [6.45, 7) is 4.54. The van der Waals surface area contributed by atoms with E-state index in [1.807, 2.05) is 23.7 Å². The molecule has 0 bridgehead atoms. The Kier molecular flexibility index (Phi) is 2.41. The molecule has 1 saturated heterocycles. The zero-order valence-electron chi connectivity index (χ0n) is 9.36. The number of fused-ring (bicyclic) bond motifs is 1. The summed E-state index contributed by atoms with van der Waals surface area (Å²) in [5, 5.41) is 4.68. The van der Waals surface area contributed by atoms with E-state index in [1.165, 1.54) is 22.5 Å². The monoisotopic (exact) mass is 233 g/mol. The quantitative estimate of drug-likeness (QED) is 0.821. The summed E-state index contributed by atoms with van der Waals surface area (Å²) in [5.41, 5.74) is 1.30. The molecule has 0 saturated carbocycles. The number of aromatic nitrogens is 2. The summed E-state index contributed by atoms with van der Waals surface area (Å²) >= 11 is 1.82. The molecular formula is C12H15N3S. The number of hydrogen-bond acceptors (Lipinski definition) is 4. The van der Waals surface area contributed by atoms with Gasteiger partial charge in [0.15, 0.2) is 0 Å². The highest BCUT2D eigenvalue weighted by molar-refractivity contribution is 7.18. The standard InChI is InChI=1S/C12H15N3S/c1-12(3-6-13-7-4-12)11-15-9-8-14-5-2-10(9)16-11/h2,5,8,13H,3-4,6-7H2,1H3. The first-order valence-corrected chi connectivity index (χ1v) is 6.51. The Labute approximate surface area is 98.9 Å². The van der Waals surface area contributed by atoms with Crippen LogP contribution in [-0.2, 0) is 5.41 Å². The van der Waals surface area contributed by atoms with E-state index in [2.05, 4.69) is 23.3 Å². The maximum Gasteiger partial charge on any atom is 0.0999 e. The van der Waals surface area contributed by atoms with E-state index in [9.17, 15) is 0 Å². The van der Waals surface area contributed by atoms with Crippen LogP contribution in [0.4, 0.5) is 0 Å². The molecule has 2 aromatic rings. The van der Waals surface area contributed by atoms with Gasteiger partial charge in [-0.3, -0.25) is 4.98 Å². The second-order valence-electron chi connectivity index (χ2n) is 4.67. The summed E-state index contributed by atoms with van der Waals surface area (Å²) in [7, 11) is 0. The van der Waals surface area contributed by atoms with Gasteiger partial charge in [0.05, 0.1) is 21.4 Å². The third-order valence-electron chi connectivity index (χ3n) is 3.41. The van der Waals surface area contributed by atoms with E-state index >= 15 is 0 Å². The Morgan fingerprint density at radius 1 is 1.38 bits per heavy atom. The molecule has 0 amide bonds. The van der Waals surface area contributed by atoms with E-state index in [1.54, 1.807) is 0 Å². The van der Waals surface area contributed by atoms with Gasteiger partial charge in [0.2, 0.25) is 0 Å². The van der Waals surface area contributed by atoms with Gasteiger partial charge in [-0.05, 0) is 32.0 Å². The normalized spacial score (nSPS) is 20.1. The van der Waals surface area contributed by atoms with Crippen molar-refractivity contribution in [3.05, 3.63) is 23.5 Å². The minimum Gasteiger partial charge on any atom is -0.317 e. The van der Waals surface area contributed by atoms with Crippen molar-refractivity contribution in [3.8, 4) is 0 Å². The van der Waals surface area contributed by atoms with Crippen molar-refractivity contribution in [2.24, 2.45) is 0 Å². The number of thiazole rings is 1. The summed E-state index contributed by atoms with van der Waals surface area (Å²) in [6, 6.07) is 2.06. The van der Waals surface area contributed by atoms with Crippen LogP contribution in [0.15, 0.2) is 18.5 Å². The molecule has 0 unspecified atom stereocenters. The van der Waals surface area contributed by atoms with Gasteiger partial charge in [-0.25, -0.2) is 4.98 Å². The fourth-order valence-electron chi connectivity index (χ4n) is 2.23. The molecule has 0 aliphatic carbocycles. The molecule has 0 spiro atoms. The van der Waals surface area contributed by atoms with Crippen LogP contribution in [0, 0.1) is 0 Å². The second-order valence-corrected chi connectivity index (χ2v) is 5.70. The zero-order valence-corrected chi connectivity index (χ0v) is 10.2. The van der Waals surface area contributed by atoms with Crippen LogP contribution in [0.3, 0.4) is 0 Å². The highest BCUT2D eigenvalue weighted by Crippen LogP contribution is 2.37. The van der Waals surface area contributed by atoms with Gasteiger partial charge in [-0.2, -0.15) is 0 Å². The maximum absolute atomic E-state index is 4.74. The number of nitrogens with one attached hydrogen (secondary N) is 1. The summed E-state index contributed by atoms with van der Waals surface area (Å²) in [6.07, 6.45) is 6.06. The second kappa shape index (κ2) is 3.79. The van der Waals surface area contributed by atoms with Crippen LogP contribution in [0.1, 0.15) is 24.8 Å². The molecule has 16 heavy (non-hydrogen) atoms. The lowest BCUT2D eigenvalue weighted by Gasteiger charge is -2.31. The lowest BCUT2D eigenvalue weighted by atomic mass is 9.82. The first-order valence-electron chi connectivity index (χ1n) is 5.70. The number of rotatable bonds is 1. The smallest absolute Gasteiger partial charge is 0.0999 e. The molecule has 0 aromatic carbocycles. The predicted octanol–water partition coefficient (Wildman–Crippen LogP) is 2.33. The Morgan fingerprint density at radius 2 is 2.19 bits per heavy atom. The van der Waals surface area contributed by atoms with Crippen LogP contribution in [0.2, 0.25) is 0 Å². The van der Waals surface area contributed by atoms with Crippen molar-refractivity contribution >= 4 is 21.6 Å². The summed E-state index contributed by atoms with van der Waals surface area (Å²) < 4.78 is 1.25. The van der Waals surface area contributed by atoms with Gasteiger partial charge in [0, 0.05) is 11.6 Å². The molecule has 3 rings (SSSR count). The molecule has 1 fully saturated rings. The van der Waals surface area contributed by atoms with Gasteiger partial charge in [0.1, 0.15) is 0 Å². The van der Waals surface area contributed by atoms with E-state index < -0.39 is 0 Å². The van der Waals surface area contributed by atoms with Gasteiger partial charge in [-0.1, -0.05) is 6.92 Å². The van der Waals surface area contributed by atoms with E-state index in [4.69, 9.17) is 4.98 Å². The number of hydrogen-bond donors (Lipinski definition) is 1. The lowest BCUT2D eigenvalue weighted by molar-refractivity contribution is 0.334. The zero-order chi connectivity index (χ0) is 11.0. The van der Waals surface area contributed by atoms with Crippen molar-refractivity contribution < 1.29 is 0 Å². The van der Waals surface area contributed by atoms with Crippen LogP contribution in [0.25, 0.3) is 10.2 Å². The topological polar surface area (TPSA) is 37.8 Å². The van der Waals surface area contributed by atoms with Gasteiger partial charge in [-0.15, -0.1) is 11.3 Å². The molecule has 1 N–H and O–H groups in total. The largest absolute Gasteiger partial charge is 0.317 e. The molecule has 2 aromatic heterocycles. The van der Waals surface area contributed by atoms with Gasteiger partial charge in [0.25, 0.3) is 0 Å². The molecule has 0 radical (unpaired) electrons. The van der Waals surface area contributed by atoms with Crippen LogP contribution in [0.5, 0.6) is 0 Å². The van der Waals surface area contributed by atoms with E-state index in [0.29, 0.717) is 0 Å². The first-order chi connectivity index (χ1) is 7.78. The van der Waals surface area contributed by atoms with E-state index in [-0.39, 0.29) is 5.41 Å². The molecule has 84 valence electrons. The van der Waals surface area contributed by atoms with Crippen LogP contribution < -0.4 is 5.32 Å². The lowest BCUT2D eigenvalue weighted by Crippen LogP contribution is -2.37. The van der Waals surface area contributed by atoms with Crippen LogP contribution in [-0.4, -0.2) is 23.1 Å². The Bertz CT molecular complexity index is 467. The molecule has 4 heteroatoms. The molecular weight excluding hydrogens is 218 g/mol. The molecule has 1 aliphatic rings. The average Bonchev–Trinajstić information content (AvgIpc) is 2.74. The minimum absolute atomic E-state index is 0.259. The molecule has 1 aliphatic heterocycles. The molecule has 0 atom stereocenters. The Morgan fingerprint density at radius 3 is 2.94 bits per heavy atom. The van der Waals surface area contributed by atoms with Crippen molar-refractivity contribution in [3.63, 3.8) is 0 Å². The SMILES string of the molecule is CC1(c2nc3cnccc3s2)CCNCC1. The van der Waals surface area contributed by atoms with Crippen molar-refractivity contribution in [2.45, 2.75) is 25.2 Å². The van der Waals surface area contributed by atoms with Gasteiger partial charge >= 0.3 is 0 Å². The van der Waals surface area contributed by atoms with Crippen molar-refractivity contribution in [2.75, 3.05) is 13.1 Å². The predicted molar refractivity (Wildman–Crippen MR) is 66.9 cm³/mol. The number of pyridine rings is 1. The molecule has 3 nitrogen and oxygen atoms in total. The number of piperidine rings is 1. The Balaban J connectivity index is 2.04. The van der Waals surface area contributed by atoms with Crippen molar-refractivity contribution in [1.29, 1.82) is 0 Å². The highest BCUT2D eigenvalue weighted by atomic mass is 32.1. The first kappa shape index (κ1) is 10.2. The summed E-state index contributed by atoms with van der Waals surface area (Å²) in [5.74, 6) is 0. The third-order valence-corrected chi connectivity index (χ3v) is 4.76. The highest BCUT2D eigenvalue weighted by Gasteiger charge is 2.31. The average molecular weight is 233 g/mol. The minimum atomic E-state index is 0.259. The van der Waals surface area contributed by atoms with E-state index in [0.717, 1.165) is 18.6 Å². The summed E-state index contributed by atoms with van der Waals surface area (Å²) in [4.78, 5) is 8.86. The third kappa shape index (κ3) is 1.62. The molecule has 3 heterocycles. The fraction of sp³-hybridized carbons (Fsp3) is 0.500.